The second-order valence-electron chi connectivity index (χ2n) is 7.77. The number of carbonyl (C=O) groups excluding carboxylic acids is 1. The second-order valence-corrected chi connectivity index (χ2v) is 7.77. The molecule has 8 heteroatoms. The van der Waals surface area contributed by atoms with E-state index in [-0.39, 0.29) is 36.6 Å². The van der Waals surface area contributed by atoms with E-state index in [1.54, 1.807) is 13.1 Å². The van der Waals surface area contributed by atoms with Gasteiger partial charge in [0.05, 0.1) is 18.8 Å². The van der Waals surface area contributed by atoms with Gasteiger partial charge >= 0.3 is 5.97 Å². The number of rotatable bonds is 11. The van der Waals surface area contributed by atoms with Gasteiger partial charge in [0.15, 0.2) is 5.96 Å². The fraction of sp³-hybridized carbons (Fsp3) is 0.440. The second kappa shape index (κ2) is 15.6. The Bertz CT molecular complexity index is 858. The number of hydrogen-bond acceptors (Lipinski definition) is 5. The lowest BCUT2D eigenvalue weighted by molar-refractivity contribution is 0.0472. The van der Waals surface area contributed by atoms with Crippen LogP contribution in [0.4, 0.5) is 0 Å². The van der Waals surface area contributed by atoms with Gasteiger partial charge < -0.3 is 24.8 Å². The fourth-order valence-electron chi connectivity index (χ4n) is 3.37. The molecule has 1 aliphatic rings. The van der Waals surface area contributed by atoms with Crippen LogP contribution in [0, 0.1) is 5.92 Å². The Morgan fingerprint density at radius 3 is 2.70 bits per heavy atom. The van der Waals surface area contributed by atoms with E-state index in [9.17, 15) is 4.79 Å². The maximum atomic E-state index is 12.4. The van der Waals surface area contributed by atoms with Crippen LogP contribution in [0.3, 0.4) is 0 Å². The van der Waals surface area contributed by atoms with Gasteiger partial charge in [-0.15, -0.1) is 24.0 Å². The lowest BCUT2D eigenvalue weighted by Crippen LogP contribution is -2.37. The Balaban J connectivity index is 0.00000385. The number of benzene rings is 2. The number of nitrogens with zero attached hydrogens (tertiary/aromatic N) is 1. The lowest BCUT2D eigenvalue weighted by Gasteiger charge is -2.13. The van der Waals surface area contributed by atoms with Crippen molar-refractivity contribution in [2.24, 2.45) is 10.9 Å². The molecule has 0 amide bonds. The molecule has 2 aromatic carbocycles. The van der Waals surface area contributed by atoms with Gasteiger partial charge in [-0.25, -0.2) is 4.79 Å². The first kappa shape index (κ1) is 27.1. The van der Waals surface area contributed by atoms with Crippen molar-refractivity contribution in [3.05, 3.63) is 71.3 Å². The van der Waals surface area contributed by atoms with Gasteiger partial charge in [0.1, 0.15) is 6.61 Å². The Morgan fingerprint density at radius 1 is 1.12 bits per heavy atom. The van der Waals surface area contributed by atoms with E-state index in [1.165, 1.54) is 0 Å². The molecule has 1 fully saturated rings. The van der Waals surface area contributed by atoms with Crippen molar-refractivity contribution >= 4 is 35.9 Å². The largest absolute Gasteiger partial charge is 0.457 e. The van der Waals surface area contributed by atoms with E-state index in [0.717, 1.165) is 50.3 Å². The van der Waals surface area contributed by atoms with Crippen LogP contribution in [-0.2, 0) is 27.4 Å². The predicted molar refractivity (Wildman–Crippen MR) is 140 cm³/mol. The summed E-state index contributed by atoms with van der Waals surface area (Å²) >= 11 is 0. The minimum Gasteiger partial charge on any atom is -0.457 e. The first-order valence-corrected chi connectivity index (χ1v) is 11.1. The Morgan fingerprint density at radius 2 is 1.94 bits per heavy atom. The van der Waals surface area contributed by atoms with Crippen LogP contribution in [-0.4, -0.2) is 51.9 Å². The molecule has 1 atom stereocenters. The molecule has 0 spiro atoms. The zero-order chi connectivity index (χ0) is 22.4. The third kappa shape index (κ3) is 10.1. The summed E-state index contributed by atoms with van der Waals surface area (Å²) in [6.07, 6.45) is 2.00. The van der Waals surface area contributed by atoms with E-state index >= 15 is 0 Å². The van der Waals surface area contributed by atoms with Crippen LogP contribution in [0.5, 0.6) is 0 Å². The average Bonchev–Trinajstić information content (AvgIpc) is 3.36. The summed E-state index contributed by atoms with van der Waals surface area (Å²) in [5, 5.41) is 6.56. The number of ether oxygens (including phenoxy) is 3. The molecular formula is C25H34IN3O4. The smallest absolute Gasteiger partial charge is 0.338 e. The van der Waals surface area contributed by atoms with E-state index in [0.29, 0.717) is 30.6 Å². The summed E-state index contributed by atoms with van der Waals surface area (Å²) in [7, 11) is 1.74. The van der Waals surface area contributed by atoms with Gasteiger partial charge in [0.25, 0.3) is 0 Å². The van der Waals surface area contributed by atoms with Gasteiger partial charge in [-0.2, -0.15) is 0 Å². The molecule has 0 aromatic heterocycles. The molecule has 0 radical (unpaired) electrons. The molecule has 0 saturated carbocycles. The quantitative estimate of drug-likeness (QED) is 0.142. The third-order valence-corrected chi connectivity index (χ3v) is 5.19. The molecule has 0 aliphatic carbocycles. The van der Waals surface area contributed by atoms with E-state index < -0.39 is 0 Å². The minimum atomic E-state index is -0.331. The standard InChI is InChI=1S/C25H33N3O4.HI/c1-26-25(27-12-6-13-30-17-22-11-14-31-18-22)28-16-21-9-5-10-23(15-21)24(29)32-19-20-7-3-2-4-8-20;/h2-5,7-10,15,22H,6,11-14,16-19H2,1H3,(H2,26,27,28);1H. The summed E-state index contributed by atoms with van der Waals surface area (Å²) in [4.78, 5) is 16.6. The summed E-state index contributed by atoms with van der Waals surface area (Å²) in [5.41, 5.74) is 2.48. The molecule has 2 N–H and O–H groups in total. The molecule has 1 heterocycles. The first-order valence-electron chi connectivity index (χ1n) is 11.1. The lowest BCUT2D eigenvalue weighted by atomic mass is 10.1. The first-order chi connectivity index (χ1) is 15.7. The van der Waals surface area contributed by atoms with Crippen LogP contribution < -0.4 is 10.6 Å². The molecular weight excluding hydrogens is 533 g/mol. The van der Waals surface area contributed by atoms with Gasteiger partial charge in [-0.1, -0.05) is 42.5 Å². The van der Waals surface area contributed by atoms with E-state index in [1.807, 2.05) is 48.5 Å². The Hall–Kier alpha value is -2.17. The number of aliphatic imine (C=N–C) groups is 1. The molecule has 33 heavy (non-hydrogen) atoms. The SMILES string of the molecule is CN=C(NCCCOCC1CCOC1)NCc1cccc(C(=O)OCc2ccccc2)c1.I. The van der Waals surface area contributed by atoms with Crippen molar-refractivity contribution in [1.29, 1.82) is 0 Å². The Kier molecular flexibility index (Phi) is 12.8. The van der Waals surface area contributed by atoms with E-state index in [2.05, 4.69) is 15.6 Å². The van der Waals surface area contributed by atoms with E-state index in [4.69, 9.17) is 14.2 Å². The van der Waals surface area contributed by atoms with Crippen LogP contribution in [0.15, 0.2) is 59.6 Å². The van der Waals surface area contributed by atoms with Crippen molar-refractivity contribution in [3.63, 3.8) is 0 Å². The van der Waals surface area contributed by atoms with Gasteiger partial charge in [-0.05, 0) is 36.1 Å². The predicted octanol–water partition coefficient (Wildman–Crippen LogP) is 3.77. The molecule has 0 bridgehead atoms. The van der Waals surface area contributed by atoms with Crippen LogP contribution in [0.25, 0.3) is 0 Å². The highest BCUT2D eigenvalue weighted by atomic mass is 127. The van der Waals surface area contributed by atoms with Gasteiger partial charge in [0.2, 0.25) is 0 Å². The van der Waals surface area contributed by atoms with Gasteiger partial charge in [0, 0.05) is 39.3 Å². The normalized spacial score (nSPS) is 15.5. The maximum absolute atomic E-state index is 12.4. The van der Waals surface area contributed by atoms with Crippen molar-refractivity contribution in [3.8, 4) is 0 Å². The van der Waals surface area contributed by atoms with Gasteiger partial charge in [-0.3, -0.25) is 4.99 Å². The molecule has 3 rings (SSSR count). The summed E-state index contributed by atoms with van der Waals surface area (Å²) in [6.45, 7) is 4.75. The summed E-state index contributed by atoms with van der Waals surface area (Å²) in [5.74, 6) is 0.928. The monoisotopic (exact) mass is 567 g/mol. The maximum Gasteiger partial charge on any atom is 0.338 e. The topological polar surface area (TPSA) is 81.2 Å². The zero-order valence-corrected chi connectivity index (χ0v) is 21.5. The van der Waals surface area contributed by atoms with Crippen molar-refractivity contribution < 1.29 is 19.0 Å². The van der Waals surface area contributed by atoms with Crippen LogP contribution in [0.1, 0.15) is 34.3 Å². The number of halogens is 1. The fourth-order valence-corrected chi connectivity index (χ4v) is 3.37. The molecule has 1 aliphatic heterocycles. The van der Waals surface area contributed by atoms with Crippen molar-refractivity contribution in [1.82, 2.24) is 10.6 Å². The van der Waals surface area contributed by atoms with Crippen LogP contribution in [0.2, 0.25) is 0 Å². The molecule has 2 aromatic rings. The third-order valence-electron chi connectivity index (χ3n) is 5.19. The number of nitrogens with one attached hydrogen (secondary N) is 2. The van der Waals surface area contributed by atoms with Crippen LogP contribution >= 0.6 is 24.0 Å². The highest BCUT2D eigenvalue weighted by Gasteiger charge is 2.15. The van der Waals surface area contributed by atoms with Crippen molar-refractivity contribution in [2.75, 3.05) is 40.0 Å². The number of hydrogen-bond donors (Lipinski definition) is 2. The zero-order valence-electron chi connectivity index (χ0n) is 19.1. The highest BCUT2D eigenvalue weighted by Crippen LogP contribution is 2.12. The molecule has 1 unspecified atom stereocenters. The molecule has 7 nitrogen and oxygen atoms in total. The average molecular weight is 567 g/mol. The number of esters is 1. The molecule has 1 saturated heterocycles. The van der Waals surface area contributed by atoms with Crippen molar-refractivity contribution in [2.45, 2.75) is 26.0 Å². The Labute approximate surface area is 213 Å². The summed E-state index contributed by atoms with van der Waals surface area (Å²) < 4.78 is 16.5. The molecule has 180 valence electrons. The number of carbonyl (C=O) groups is 1. The summed E-state index contributed by atoms with van der Waals surface area (Å²) in [6, 6.07) is 17.1. The number of guanidine groups is 1. The highest BCUT2D eigenvalue weighted by molar-refractivity contribution is 14.0. The minimum absolute atomic E-state index is 0.